The summed E-state index contributed by atoms with van der Waals surface area (Å²) in [6.07, 6.45) is 10.5. The van der Waals surface area contributed by atoms with Gasteiger partial charge in [0.05, 0.1) is 7.11 Å². The molecule has 2 aromatic rings. The number of aromatic nitrogens is 1. The molecule has 0 saturated carbocycles. The monoisotopic (exact) mass is 269 g/mol. The predicted octanol–water partition coefficient (Wildman–Crippen LogP) is 3.83. The average Bonchev–Trinajstić information content (AvgIpc) is 2.96. The zero-order valence-corrected chi connectivity index (χ0v) is 11.7. The summed E-state index contributed by atoms with van der Waals surface area (Å²) in [4.78, 5) is 11.0. The van der Waals surface area contributed by atoms with Crippen molar-refractivity contribution in [1.82, 2.24) is 4.57 Å². The fourth-order valence-corrected chi connectivity index (χ4v) is 1.96. The van der Waals surface area contributed by atoms with E-state index in [1.165, 1.54) is 7.11 Å². The SMILES string of the molecule is COC(=O)CCCC=Cc1ccn(-c2ccccc2)c1. The summed E-state index contributed by atoms with van der Waals surface area (Å²) in [5.74, 6) is -0.145. The highest BCUT2D eigenvalue weighted by atomic mass is 16.5. The quantitative estimate of drug-likeness (QED) is 0.589. The third kappa shape index (κ3) is 4.12. The van der Waals surface area contributed by atoms with E-state index in [9.17, 15) is 4.79 Å². The molecule has 20 heavy (non-hydrogen) atoms. The fourth-order valence-electron chi connectivity index (χ4n) is 1.96. The van der Waals surface area contributed by atoms with Gasteiger partial charge >= 0.3 is 5.97 Å². The number of benzene rings is 1. The molecule has 0 spiro atoms. The molecule has 104 valence electrons. The third-order valence-electron chi connectivity index (χ3n) is 3.06. The highest BCUT2D eigenvalue weighted by molar-refractivity contribution is 5.69. The van der Waals surface area contributed by atoms with Crippen LogP contribution >= 0.6 is 0 Å². The van der Waals surface area contributed by atoms with E-state index < -0.39 is 0 Å². The summed E-state index contributed by atoms with van der Waals surface area (Å²) >= 11 is 0. The molecule has 0 radical (unpaired) electrons. The maximum absolute atomic E-state index is 11.0. The molecule has 0 amide bonds. The first-order valence-corrected chi connectivity index (χ1v) is 6.76. The van der Waals surface area contributed by atoms with E-state index in [4.69, 9.17) is 0 Å². The van der Waals surface area contributed by atoms with Crippen LogP contribution in [0.5, 0.6) is 0 Å². The van der Waals surface area contributed by atoms with Gasteiger partial charge in [-0.2, -0.15) is 0 Å². The Bertz CT molecular complexity index is 570. The van der Waals surface area contributed by atoms with E-state index in [-0.39, 0.29) is 5.97 Å². The van der Waals surface area contributed by atoms with Gasteiger partial charge in [0.15, 0.2) is 0 Å². The van der Waals surface area contributed by atoms with Crippen molar-refractivity contribution in [1.29, 1.82) is 0 Å². The van der Waals surface area contributed by atoms with Gasteiger partial charge in [0.25, 0.3) is 0 Å². The minimum absolute atomic E-state index is 0.145. The van der Waals surface area contributed by atoms with E-state index in [1.807, 2.05) is 24.4 Å². The maximum atomic E-state index is 11.0. The van der Waals surface area contributed by atoms with Crippen molar-refractivity contribution in [2.45, 2.75) is 19.3 Å². The molecular weight excluding hydrogens is 250 g/mol. The molecule has 0 unspecified atom stereocenters. The Labute approximate surface area is 119 Å². The molecule has 3 heteroatoms. The molecule has 2 rings (SSSR count). The Morgan fingerprint density at radius 3 is 2.80 bits per heavy atom. The number of unbranched alkanes of at least 4 members (excludes halogenated alkanes) is 1. The number of carbonyl (C=O) groups excluding carboxylic acids is 1. The Hall–Kier alpha value is -2.29. The van der Waals surface area contributed by atoms with Gasteiger partial charge in [-0.15, -0.1) is 0 Å². The van der Waals surface area contributed by atoms with Crippen molar-refractivity contribution in [3.05, 3.63) is 60.4 Å². The van der Waals surface area contributed by atoms with E-state index in [0.717, 1.165) is 24.1 Å². The maximum Gasteiger partial charge on any atom is 0.305 e. The molecular formula is C17H19NO2. The van der Waals surface area contributed by atoms with E-state index >= 15 is 0 Å². The fraction of sp³-hybridized carbons (Fsp3) is 0.235. The van der Waals surface area contributed by atoms with Crippen molar-refractivity contribution < 1.29 is 9.53 Å². The number of para-hydroxylation sites is 1. The van der Waals surface area contributed by atoms with Crippen molar-refractivity contribution >= 4 is 12.0 Å². The largest absolute Gasteiger partial charge is 0.469 e. The summed E-state index contributed by atoms with van der Waals surface area (Å²) in [7, 11) is 1.42. The number of rotatable bonds is 6. The van der Waals surface area contributed by atoms with Crippen LogP contribution in [0.25, 0.3) is 11.8 Å². The highest BCUT2D eigenvalue weighted by Crippen LogP contribution is 2.12. The van der Waals surface area contributed by atoms with E-state index in [0.29, 0.717) is 6.42 Å². The summed E-state index contributed by atoms with van der Waals surface area (Å²) in [6.45, 7) is 0. The average molecular weight is 269 g/mol. The first-order valence-electron chi connectivity index (χ1n) is 6.76. The molecule has 0 aliphatic heterocycles. The second kappa shape index (κ2) is 7.34. The molecule has 0 bridgehead atoms. The Balaban J connectivity index is 1.85. The van der Waals surface area contributed by atoms with Crippen LogP contribution in [0.2, 0.25) is 0 Å². The van der Waals surface area contributed by atoms with Gasteiger partial charge in [0.2, 0.25) is 0 Å². The normalized spacial score (nSPS) is 10.8. The van der Waals surface area contributed by atoms with Crippen LogP contribution in [0.15, 0.2) is 54.9 Å². The Kier molecular flexibility index (Phi) is 5.18. The Morgan fingerprint density at radius 1 is 1.25 bits per heavy atom. The number of hydrogen-bond donors (Lipinski definition) is 0. The number of carbonyl (C=O) groups is 1. The van der Waals surface area contributed by atoms with Crippen LogP contribution in [-0.2, 0) is 9.53 Å². The lowest BCUT2D eigenvalue weighted by Crippen LogP contribution is -1.98. The standard InChI is InChI=1S/C17H19NO2/c1-20-17(19)11-7-2-4-8-15-12-13-18(14-15)16-9-5-3-6-10-16/h3-6,8-10,12-14H,2,7,11H2,1H3. The van der Waals surface area contributed by atoms with Gasteiger partial charge in [-0.3, -0.25) is 4.79 Å². The lowest BCUT2D eigenvalue weighted by atomic mass is 10.2. The van der Waals surface area contributed by atoms with E-state index in [1.54, 1.807) is 0 Å². The summed E-state index contributed by atoms with van der Waals surface area (Å²) < 4.78 is 6.69. The minimum atomic E-state index is -0.145. The number of allylic oxidation sites excluding steroid dienone is 1. The number of methoxy groups -OCH3 is 1. The van der Waals surface area contributed by atoms with Gasteiger partial charge in [-0.1, -0.05) is 30.4 Å². The molecule has 0 atom stereocenters. The molecule has 0 aliphatic carbocycles. The van der Waals surface area contributed by atoms with Crippen molar-refractivity contribution in [2.24, 2.45) is 0 Å². The van der Waals surface area contributed by atoms with Crippen molar-refractivity contribution in [2.75, 3.05) is 7.11 Å². The summed E-state index contributed by atoms with van der Waals surface area (Å²) in [6, 6.07) is 12.3. The molecule has 0 N–H and O–H groups in total. The van der Waals surface area contributed by atoms with Crippen LogP contribution < -0.4 is 0 Å². The van der Waals surface area contributed by atoms with Crippen LogP contribution in [0.4, 0.5) is 0 Å². The topological polar surface area (TPSA) is 31.2 Å². The van der Waals surface area contributed by atoms with Gasteiger partial charge < -0.3 is 9.30 Å². The minimum Gasteiger partial charge on any atom is -0.469 e. The van der Waals surface area contributed by atoms with Gasteiger partial charge in [-0.25, -0.2) is 0 Å². The van der Waals surface area contributed by atoms with Gasteiger partial charge in [0, 0.05) is 24.5 Å². The van der Waals surface area contributed by atoms with E-state index in [2.05, 4.69) is 45.9 Å². The summed E-state index contributed by atoms with van der Waals surface area (Å²) in [5.41, 5.74) is 2.31. The van der Waals surface area contributed by atoms with Crippen LogP contribution in [-0.4, -0.2) is 17.6 Å². The predicted molar refractivity (Wildman–Crippen MR) is 80.7 cm³/mol. The number of ether oxygens (including phenoxy) is 1. The molecule has 1 heterocycles. The van der Waals surface area contributed by atoms with Crippen molar-refractivity contribution in [3.63, 3.8) is 0 Å². The summed E-state index contributed by atoms with van der Waals surface area (Å²) in [5, 5.41) is 0. The first kappa shape index (κ1) is 14.1. The molecule has 0 fully saturated rings. The number of hydrogen-bond acceptors (Lipinski definition) is 2. The molecule has 1 aromatic carbocycles. The first-order chi connectivity index (χ1) is 9.79. The second-order valence-corrected chi connectivity index (χ2v) is 4.56. The van der Waals surface area contributed by atoms with Crippen LogP contribution in [0.3, 0.4) is 0 Å². The number of esters is 1. The van der Waals surface area contributed by atoms with Crippen molar-refractivity contribution in [3.8, 4) is 5.69 Å². The number of nitrogens with zero attached hydrogens (tertiary/aromatic N) is 1. The zero-order valence-electron chi connectivity index (χ0n) is 11.7. The van der Waals surface area contributed by atoms with Crippen LogP contribution in [0, 0.1) is 0 Å². The van der Waals surface area contributed by atoms with Crippen LogP contribution in [0.1, 0.15) is 24.8 Å². The lowest BCUT2D eigenvalue weighted by molar-refractivity contribution is -0.140. The second-order valence-electron chi connectivity index (χ2n) is 4.56. The lowest BCUT2D eigenvalue weighted by Gasteiger charge is -2.00. The van der Waals surface area contributed by atoms with Gasteiger partial charge in [0.1, 0.15) is 0 Å². The molecule has 0 saturated heterocycles. The molecule has 3 nitrogen and oxygen atoms in total. The van der Waals surface area contributed by atoms with Gasteiger partial charge in [-0.05, 0) is 36.6 Å². The third-order valence-corrected chi connectivity index (χ3v) is 3.06. The Morgan fingerprint density at radius 2 is 2.05 bits per heavy atom. The molecule has 1 aromatic heterocycles. The highest BCUT2D eigenvalue weighted by Gasteiger charge is 1.98. The zero-order chi connectivity index (χ0) is 14.2. The smallest absolute Gasteiger partial charge is 0.305 e. The molecule has 0 aliphatic rings.